The zero-order valence-electron chi connectivity index (χ0n) is 8.70. The molecule has 0 fully saturated rings. The summed E-state index contributed by atoms with van der Waals surface area (Å²) in [7, 11) is 0. The lowest BCUT2D eigenvalue weighted by Crippen LogP contribution is -2.06. The molecule has 0 bridgehead atoms. The van der Waals surface area contributed by atoms with Crippen LogP contribution in [0.25, 0.3) is 5.70 Å². The average Bonchev–Trinajstić information content (AvgIpc) is 2.47. The number of rotatable bonds is 3. The molecule has 0 amide bonds. The maximum atomic E-state index is 5.94. The molecule has 0 saturated carbocycles. The van der Waals surface area contributed by atoms with Gasteiger partial charge in [-0.3, -0.25) is 0 Å². The number of hydrogen-bond donors (Lipinski definition) is 2. The number of allylic oxidation sites excluding steroid dienone is 2. The van der Waals surface area contributed by atoms with Crippen LogP contribution in [0.1, 0.15) is 25.5 Å². The normalized spacial score (nSPS) is 12.1. The third-order valence-corrected chi connectivity index (χ3v) is 2.12. The Hall–Kier alpha value is -1.64. The monoisotopic (exact) mass is 191 g/mol. The van der Waals surface area contributed by atoms with Crippen LogP contribution >= 0.6 is 0 Å². The van der Waals surface area contributed by atoms with E-state index in [2.05, 4.69) is 20.4 Å². The first kappa shape index (κ1) is 10.4. The lowest BCUT2D eigenvalue weighted by atomic mass is 10.2. The van der Waals surface area contributed by atoms with Gasteiger partial charge in [0.1, 0.15) is 5.82 Å². The third kappa shape index (κ3) is 1.82. The van der Waals surface area contributed by atoms with Crippen LogP contribution < -0.4 is 11.5 Å². The molecular weight excluding hydrogens is 174 g/mol. The molecule has 0 aliphatic carbocycles. The maximum Gasteiger partial charge on any atom is 0.113 e. The Morgan fingerprint density at radius 3 is 2.64 bits per heavy atom. The van der Waals surface area contributed by atoms with Gasteiger partial charge in [0.25, 0.3) is 0 Å². The summed E-state index contributed by atoms with van der Waals surface area (Å²) in [4.78, 5) is 0. The number of nitrogens with two attached hydrogens (primary N) is 2. The average molecular weight is 191 g/mol. The van der Waals surface area contributed by atoms with E-state index in [4.69, 9.17) is 11.5 Å². The predicted octanol–water partition coefficient (Wildman–Crippen LogP) is 2.14. The van der Waals surface area contributed by atoms with Crippen molar-refractivity contribution in [3.05, 3.63) is 36.6 Å². The summed E-state index contributed by atoms with van der Waals surface area (Å²) >= 11 is 0. The second-order valence-electron chi connectivity index (χ2n) is 3.47. The predicted molar refractivity (Wildman–Crippen MR) is 61.6 cm³/mol. The quantitative estimate of drug-likeness (QED) is 0.719. The largest absolute Gasteiger partial charge is 0.398 e. The number of nitrogens with zero attached hydrogens (tertiary/aromatic N) is 1. The Labute approximate surface area is 84.7 Å². The van der Waals surface area contributed by atoms with E-state index in [1.807, 2.05) is 16.8 Å². The Balaban J connectivity index is 3.13. The summed E-state index contributed by atoms with van der Waals surface area (Å²) in [5.74, 6) is 0.704. The van der Waals surface area contributed by atoms with Crippen LogP contribution in [-0.4, -0.2) is 4.57 Å². The van der Waals surface area contributed by atoms with Crippen LogP contribution in [0, 0.1) is 0 Å². The van der Waals surface area contributed by atoms with E-state index in [-0.39, 0.29) is 0 Å². The van der Waals surface area contributed by atoms with Crippen molar-refractivity contribution in [2.24, 2.45) is 5.73 Å². The van der Waals surface area contributed by atoms with Crippen molar-refractivity contribution < 1.29 is 0 Å². The molecule has 0 unspecified atom stereocenters. The van der Waals surface area contributed by atoms with Crippen molar-refractivity contribution in [3.8, 4) is 0 Å². The van der Waals surface area contributed by atoms with E-state index in [1.54, 1.807) is 12.2 Å². The van der Waals surface area contributed by atoms with Gasteiger partial charge in [0.2, 0.25) is 0 Å². The fraction of sp³-hybridized carbons (Fsp3) is 0.273. The second kappa shape index (κ2) is 4.05. The second-order valence-corrected chi connectivity index (χ2v) is 3.47. The molecule has 3 heteroatoms. The molecule has 4 N–H and O–H groups in total. The van der Waals surface area contributed by atoms with Crippen molar-refractivity contribution in [3.63, 3.8) is 0 Å². The topological polar surface area (TPSA) is 57.0 Å². The van der Waals surface area contributed by atoms with E-state index in [0.29, 0.717) is 17.6 Å². The smallest absolute Gasteiger partial charge is 0.113 e. The van der Waals surface area contributed by atoms with Crippen molar-refractivity contribution in [1.82, 2.24) is 4.57 Å². The molecule has 0 aliphatic rings. The summed E-state index contributed by atoms with van der Waals surface area (Å²) < 4.78 is 1.99. The Morgan fingerprint density at radius 1 is 1.57 bits per heavy atom. The first-order chi connectivity index (χ1) is 6.57. The van der Waals surface area contributed by atoms with Gasteiger partial charge in [0.05, 0.1) is 0 Å². The SMILES string of the molecule is C=C/C=C(/N)c1ccn(C(C)C)c1N. The molecular formula is C11H17N3. The van der Waals surface area contributed by atoms with Gasteiger partial charge in [-0.1, -0.05) is 12.7 Å². The molecule has 0 aliphatic heterocycles. The number of aromatic nitrogens is 1. The number of hydrogen-bond acceptors (Lipinski definition) is 2. The molecule has 1 heterocycles. The van der Waals surface area contributed by atoms with Crippen LogP contribution in [-0.2, 0) is 0 Å². The molecule has 0 saturated heterocycles. The molecule has 3 nitrogen and oxygen atoms in total. The highest BCUT2D eigenvalue weighted by Crippen LogP contribution is 2.22. The summed E-state index contributed by atoms with van der Waals surface area (Å²) in [6.07, 6.45) is 5.34. The first-order valence-corrected chi connectivity index (χ1v) is 4.62. The standard InChI is InChI=1S/C11H17N3/c1-4-5-10(12)9-6-7-14(8(2)3)11(9)13/h4-8H,1,12-13H2,2-3H3/b10-5+. The highest BCUT2D eigenvalue weighted by Gasteiger charge is 2.08. The van der Waals surface area contributed by atoms with Gasteiger partial charge in [-0.15, -0.1) is 0 Å². The van der Waals surface area contributed by atoms with E-state index in [1.165, 1.54) is 0 Å². The van der Waals surface area contributed by atoms with Crippen molar-refractivity contribution in [2.45, 2.75) is 19.9 Å². The molecule has 1 rings (SSSR count). The molecule has 76 valence electrons. The van der Waals surface area contributed by atoms with Gasteiger partial charge in [-0.05, 0) is 26.0 Å². The molecule has 0 aromatic carbocycles. The van der Waals surface area contributed by atoms with Crippen LogP contribution in [0.15, 0.2) is 31.0 Å². The first-order valence-electron chi connectivity index (χ1n) is 4.62. The summed E-state index contributed by atoms with van der Waals surface area (Å²) in [6, 6.07) is 2.27. The number of nitrogen functional groups attached to an aromatic ring is 1. The Bertz CT molecular complexity index is 359. The van der Waals surface area contributed by atoms with Gasteiger partial charge < -0.3 is 16.0 Å². The minimum Gasteiger partial charge on any atom is -0.398 e. The van der Waals surface area contributed by atoms with Gasteiger partial charge in [-0.25, -0.2) is 0 Å². The lowest BCUT2D eigenvalue weighted by molar-refractivity contribution is 0.611. The Kier molecular flexibility index (Phi) is 3.02. The van der Waals surface area contributed by atoms with Crippen molar-refractivity contribution in [2.75, 3.05) is 5.73 Å². The summed E-state index contributed by atoms with van der Waals surface area (Å²) in [5.41, 5.74) is 13.3. The fourth-order valence-corrected chi connectivity index (χ4v) is 1.37. The van der Waals surface area contributed by atoms with E-state index >= 15 is 0 Å². The zero-order chi connectivity index (χ0) is 10.7. The molecule has 0 atom stereocenters. The Morgan fingerprint density at radius 2 is 2.21 bits per heavy atom. The maximum absolute atomic E-state index is 5.94. The van der Waals surface area contributed by atoms with Gasteiger partial charge in [0.15, 0.2) is 0 Å². The molecule has 1 aromatic heterocycles. The molecule has 0 radical (unpaired) electrons. The lowest BCUT2D eigenvalue weighted by Gasteiger charge is -2.10. The van der Waals surface area contributed by atoms with E-state index in [0.717, 1.165) is 5.56 Å². The minimum atomic E-state index is 0.347. The molecule has 0 spiro atoms. The fourth-order valence-electron chi connectivity index (χ4n) is 1.37. The zero-order valence-corrected chi connectivity index (χ0v) is 8.70. The van der Waals surface area contributed by atoms with Gasteiger partial charge in [0, 0.05) is 23.5 Å². The van der Waals surface area contributed by atoms with E-state index < -0.39 is 0 Å². The van der Waals surface area contributed by atoms with Crippen LogP contribution in [0.5, 0.6) is 0 Å². The van der Waals surface area contributed by atoms with E-state index in [9.17, 15) is 0 Å². The molecule has 1 aromatic rings. The minimum absolute atomic E-state index is 0.347. The van der Waals surface area contributed by atoms with Gasteiger partial charge >= 0.3 is 0 Å². The van der Waals surface area contributed by atoms with Crippen molar-refractivity contribution >= 4 is 11.5 Å². The van der Waals surface area contributed by atoms with Crippen LogP contribution in [0.4, 0.5) is 5.82 Å². The summed E-state index contributed by atoms with van der Waals surface area (Å²) in [6.45, 7) is 7.75. The van der Waals surface area contributed by atoms with Gasteiger partial charge in [-0.2, -0.15) is 0 Å². The van der Waals surface area contributed by atoms with Crippen molar-refractivity contribution in [1.29, 1.82) is 0 Å². The van der Waals surface area contributed by atoms with Crippen LogP contribution in [0.2, 0.25) is 0 Å². The van der Waals surface area contributed by atoms with Crippen LogP contribution in [0.3, 0.4) is 0 Å². The highest BCUT2D eigenvalue weighted by molar-refractivity contribution is 5.72. The third-order valence-electron chi connectivity index (χ3n) is 2.12. The molecule has 14 heavy (non-hydrogen) atoms. The highest BCUT2D eigenvalue weighted by atomic mass is 15.1. The summed E-state index contributed by atoms with van der Waals surface area (Å²) in [5, 5.41) is 0. The number of anilines is 1.